The second-order valence-electron chi connectivity index (χ2n) is 4.35. The summed E-state index contributed by atoms with van der Waals surface area (Å²) in [6.45, 7) is 2.76. The van der Waals surface area contributed by atoms with E-state index in [1.54, 1.807) is 0 Å². The number of aryl methyl sites for hydroxylation is 1. The van der Waals surface area contributed by atoms with E-state index in [0.29, 0.717) is 12.2 Å². The molecule has 0 unspecified atom stereocenters. The zero-order valence-corrected chi connectivity index (χ0v) is 10.8. The summed E-state index contributed by atoms with van der Waals surface area (Å²) in [5.41, 5.74) is 2.89. The van der Waals surface area contributed by atoms with Gasteiger partial charge in [0.25, 0.3) is 5.91 Å². The van der Waals surface area contributed by atoms with Crippen molar-refractivity contribution in [2.24, 2.45) is 7.05 Å². The van der Waals surface area contributed by atoms with Gasteiger partial charge in [0.1, 0.15) is 5.69 Å². The molecular formula is C15H18N2O. The Kier molecular flexibility index (Phi) is 3.82. The molecule has 0 aliphatic carbocycles. The largest absolute Gasteiger partial charge is 0.351 e. The fourth-order valence-electron chi connectivity index (χ4n) is 1.91. The van der Waals surface area contributed by atoms with E-state index in [2.05, 4.69) is 5.32 Å². The van der Waals surface area contributed by atoms with Gasteiger partial charge in [-0.05, 0) is 18.1 Å². The van der Waals surface area contributed by atoms with E-state index in [1.165, 1.54) is 0 Å². The molecule has 0 bridgehead atoms. The Balaban J connectivity index is 2.25. The minimum Gasteiger partial charge on any atom is -0.351 e. The van der Waals surface area contributed by atoms with Crippen molar-refractivity contribution in [3.63, 3.8) is 0 Å². The molecule has 18 heavy (non-hydrogen) atoms. The second kappa shape index (κ2) is 5.54. The quantitative estimate of drug-likeness (QED) is 0.879. The van der Waals surface area contributed by atoms with E-state index in [0.717, 1.165) is 17.5 Å². The lowest BCUT2D eigenvalue weighted by Gasteiger charge is -2.03. The SMILES string of the molecule is CCCNC(=O)c1cc(-c2ccccc2)cn1C. The monoisotopic (exact) mass is 242 g/mol. The number of amides is 1. The topological polar surface area (TPSA) is 34.0 Å². The van der Waals surface area contributed by atoms with E-state index >= 15 is 0 Å². The molecule has 0 radical (unpaired) electrons. The van der Waals surface area contributed by atoms with Crippen LogP contribution in [0.1, 0.15) is 23.8 Å². The van der Waals surface area contributed by atoms with Gasteiger partial charge in [-0.3, -0.25) is 4.79 Å². The van der Waals surface area contributed by atoms with Crippen molar-refractivity contribution in [1.82, 2.24) is 9.88 Å². The molecule has 1 amide bonds. The van der Waals surface area contributed by atoms with E-state index in [-0.39, 0.29) is 5.91 Å². The van der Waals surface area contributed by atoms with E-state index < -0.39 is 0 Å². The first kappa shape index (κ1) is 12.4. The summed E-state index contributed by atoms with van der Waals surface area (Å²) in [5.74, 6) is -0.0125. The summed E-state index contributed by atoms with van der Waals surface area (Å²) in [4.78, 5) is 11.9. The number of aromatic nitrogens is 1. The Morgan fingerprint density at radius 2 is 1.94 bits per heavy atom. The van der Waals surface area contributed by atoms with Gasteiger partial charge in [-0.15, -0.1) is 0 Å². The minimum atomic E-state index is -0.0125. The Bertz CT molecular complexity index is 529. The van der Waals surface area contributed by atoms with Crippen LogP contribution in [0.3, 0.4) is 0 Å². The molecule has 1 aromatic heterocycles. The van der Waals surface area contributed by atoms with Crippen molar-refractivity contribution < 1.29 is 4.79 Å². The van der Waals surface area contributed by atoms with Gasteiger partial charge in [0.2, 0.25) is 0 Å². The van der Waals surface area contributed by atoms with Crippen LogP contribution in [0, 0.1) is 0 Å². The van der Waals surface area contributed by atoms with Crippen molar-refractivity contribution >= 4 is 5.91 Å². The first-order valence-electron chi connectivity index (χ1n) is 6.22. The molecule has 2 aromatic rings. The number of hydrogen-bond acceptors (Lipinski definition) is 1. The molecule has 1 heterocycles. The number of hydrogen-bond donors (Lipinski definition) is 1. The highest BCUT2D eigenvalue weighted by atomic mass is 16.1. The number of benzene rings is 1. The standard InChI is InChI=1S/C15H18N2O/c1-3-9-16-15(18)14-10-13(11-17(14)2)12-7-5-4-6-8-12/h4-8,10-11H,3,9H2,1-2H3,(H,16,18). The Morgan fingerprint density at radius 3 is 2.61 bits per heavy atom. The van der Waals surface area contributed by atoms with Gasteiger partial charge in [-0.2, -0.15) is 0 Å². The maximum absolute atomic E-state index is 11.9. The van der Waals surface area contributed by atoms with Crippen LogP contribution in [-0.2, 0) is 7.05 Å². The molecule has 3 heteroatoms. The van der Waals surface area contributed by atoms with Crippen LogP contribution >= 0.6 is 0 Å². The van der Waals surface area contributed by atoms with Gasteiger partial charge in [-0.25, -0.2) is 0 Å². The third-order valence-electron chi connectivity index (χ3n) is 2.88. The number of rotatable bonds is 4. The lowest BCUT2D eigenvalue weighted by Crippen LogP contribution is -2.25. The Morgan fingerprint density at radius 1 is 1.22 bits per heavy atom. The molecule has 0 aliphatic rings. The summed E-state index contributed by atoms with van der Waals surface area (Å²) < 4.78 is 1.87. The highest BCUT2D eigenvalue weighted by molar-refractivity contribution is 5.94. The van der Waals surface area contributed by atoms with Crippen LogP contribution in [0.15, 0.2) is 42.6 Å². The van der Waals surface area contributed by atoms with Crippen molar-refractivity contribution in [3.8, 4) is 11.1 Å². The van der Waals surface area contributed by atoms with Gasteiger partial charge in [0.15, 0.2) is 0 Å². The van der Waals surface area contributed by atoms with E-state index in [9.17, 15) is 4.79 Å². The second-order valence-corrected chi connectivity index (χ2v) is 4.35. The highest BCUT2D eigenvalue weighted by Gasteiger charge is 2.11. The van der Waals surface area contributed by atoms with E-state index in [4.69, 9.17) is 0 Å². The average molecular weight is 242 g/mol. The minimum absolute atomic E-state index is 0.0125. The summed E-state index contributed by atoms with van der Waals surface area (Å²) in [6, 6.07) is 12.0. The molecule has 0 atom stereocenters. The predicted molar refractivity (Wildman–Crippen MR) is 73.5 cm³/mol. The fraction of sp³-hybridized carbons (Fsp3) is 0.267. The highest BCUT2D eigenvalue weighted by Crippen LogP contribution is 2.21. The van der Waals surface area contributed by atoms with Gasteiger partial charge in [0.05, 0.1) is 0 Å². The van der Waals surface area contributed by atoms with Crippen LogP contribution in [0.5, 0.6) is 0 Å². The molecule has 94 valence electrons. The van der Waals surface area contributed by atoms with Crippen molar-refractivity contribution in [2.75, 3.05) is 6.54 Å². The van der Waals surface area contributed by atoms with E-state index in [1.807, 2.05) is 61.1 Å². The third kappa shape index (κ3) is 2.62. The van der Waals surface area contributed by atoms with Crippen LogP contribution in [0.2, 0.25) is 0 Å². The molecule has 1 N–H and O–H groups in total. The van der Waals surface area contributed by atoms with Crippen LogP contribution in [0.4, 0.5) is 0 Å². The molecule has 2 rings (SSSR count). The lowest BCUT2D eigenvalue weighted by atomic mass is 10.1. The first-order valence-corrected chi connectivity index (χ1v) is 6.22. The number of nitrogens with one attached hydrogen (secondary N) is 1. The molecular weight excluding hydrogens is 224 g/mol. The molecule has 0 fully saturated rings. The molecule has 1 aromatic carbocycles. The predicted octanol–water partition coefficient (Wildman–Crippen LogP) is 2.83. The lowest BCUT2D eigenvalue weighted by molar-refractivity contribution is 0.0945. The zero-order chi connectivity index (χ0) is 13.0. The molecule has 0 saturated heterocycles. The normalized spacial score (nSPS) is 10.3. The third-order valence-corrected chi connectivity index (χ3v) is 2.88. The maximum Gasteiger partial charge on any atom is 0.267 e. The van der Waals surface area contributed by atoms with Gasteiger partial charge >= 0.3 is 0 Å². The smallest absolute Gasteiger partial charge is 0.267 e. The number of carbonyl (C=O) groups excluding carboxylic acids is 1. The summed E-state index contributed by atoms with van der Waals surface area (Å²) in [7, 11) is 1.90. The Labute approximate surface area is 107 Å². The van der Waals surface area contributed by atoms with Crippen molar-refractivity contribution in [2.45, 2.75) is 13.3 Å². The fourth-order valence-corrected chi connectivity index (χ4v) is 1.91. The zero-order valence-electron chi connectivity index (χ0n) is 10.8. The maximum atomic E-state index is 11.9. The first-order chi connectivity index (χ1) is 8.72. The molecule has 0 spiro atoms. The molecule has 0 saturated carbocycles. The Hall–Kier alpha value is -2.03. The van der Waals surface area contributed by atoms with Gasteiger partial charge < -0.3 is 9.88 Å². The molecule has 3 nitrogen and oxygen atoms in total. The molecule has 0 aliphatic heterocycles. The van der Waals surface area contributed by atoms with Crippen LogP contribution in [0.25, 0.3) is 11.1 Å². The van der Waals surface area contributed by atoms with Gasteiger partial charge in [0, 0.05) is 25.4 Å². The van der Waals surface area contributed by atoms with Gasteiger partial charge in [-0.1, -0.05) is 37.3 Å². The van der Waals surface area contributed by atoms with Crippen LogP contribution in [-0.4, -0.2) is 17.0 Å². The number of carbonyl (C=O) groups is 1. The summed E-state index contributed by atoms with van der Waals surface area (Å²) in [5, 5.41) is 2.89. The summed E-state index contributed by atoms with van der Waals surface area (Å²) >= 11 is 0. The van der Waals surface area contributed by atoms with Crippen molar-refractivity contribution in [1.29, 1.82) is 0 Å². The van der Waals surface area contributed by atoms with Crippen molar-refractivity contribution in [3.05, 3.63) is 48.3 Å². The average Bonchev–Trinajstić information content (AvgIpc) is 2.79. The number of nitrogens with zero attached hydrogens (tertiary/aromatic N) is 1. The summed E-state index contributed by atoms with van der Waals surface area (Å²) in [6.07, 6.45) is 2.93. The van der Waals surface area contributed by atoms with Crippen LogP contribution < -0.4 is 5.32 Å².